The first-order chi connectivity index (χ1) is 15.4. The Morgan fingerprint density at radius 3 is 2.19 bits per heavy atom. The molecule has 0 aliphatic carbocycles. The summed E-state index contributed by atoms with van der Waals surface area (Å²) in [7, 11) is 1.51. The fourth-order valence-corrected chi connectivity index (χ4v) is 2.74. The number of amides is 1. The van der Waals surface area contributed by atoms with Gasteiger partial charge in [0.2, 0.25) is 0 Å². The second kappa shape index (κ2) is 9.98. The first-order valence-corrected chi connectivity index (χ1v) is 9.37. The van der Waals surface area contributed by atoms with Gasteiger partial charge in [-0.2, -0.15) is 0 Å². The van der Waals surface area contributed by atoms with Crippen LogP contribution < -0.4 is 10.1 Å². The summed E-state index contributed by atoms with van der Waals surface area (Å²) in [6.07, 6.45) is 0. The van der Waals surface area contributed by atoms with Crippen molar-refractivity contribution in [1.82, 2.24) is 0 Å². The predicted molar refractivity (Wildman–Crippen MR) is 115 cm³/mol. The van der Waals surface area contributed by atoms with Crippen LogP contribution in [0.15, 0.2) is 72.8 Å². The molecule has 0 atom stereocenters. The number of rotatable bonds is 8. The monoisotopic (exact) mass is 434 g/mol. The van der Waals surface area contributed by atoms with Crippen LogP contribution in [0, 0.1) is 10.1 Å². The lowest BCUT2D eigenvalue weighted by molar-refractivity contribution is -0.384. The normalized spacial score (nSPS) is 10.2. The molecular formula is C23H18N2O7. The standard InChI is InChI=1S/C23H18N2O7/c1-31-20-11-7-15(8-12-20)21(26)14-32-23(28)17-3-2-4-18(13-17)24-22(27)16-5-9-19(10-6-16)25(29)30/h2-13H,14H2,1H3,(H,24,27). The number of nitrogens with zero attached hydrogens (tertiary/aromatic N) is 1. The summed E-state index contributed by atoms with van der Waals surface area (Å²) in [5.41, 5.74) is 0.935. The molecule has 0 fully saturated rings. The lowest BCUT2D eigenvalue weighted by atomic mass is 10.1. The molecule has 0 radical (unpaired) electrons. The van der Waals surface area contributed by atoms with Gasteiger partial charge in [-0.25, -0.2) is 4.79 Å². The molecule has 0 unspecified atom stereocenters. The van der Waals surface area contributed by atoms with Gasteiger partial charge in [0.15, 0.2) is 12.4 Å². The number of carbonyl (C=O) groups excluding carboxylic acids is 3. The van der Waals surface area contributed by atoms with Crippen LogP contribution in [0.4, 0.5) is 11.4 Å². The molecule has 32 heavy (non-hydrogen) atoms. The third kappa shape index (κ3) is 5.54. The number of Topliss-reactive ketones (excluding diaryl/α,β-unsaturated/α-hetero) is 1. The maximum absolute atomic E-state index is 12.3. The van der Waals surface area contributed by atoms with Crippen molar-refractivity contribution < 1.29 is 28.8 Å². The number of nitro benzene ring substituents is 1. The number of non-ortho nitro benzene ring substituents is 1. The van der Waals surface area contributed by atoms with E-state index in [4.69, 9.17) is 9.47 Å². The number of carbonyl (C=O) groups is 3. The molecule has 1 amide bonds. The van der Waals surface area contributed by atoms with Gasteiger partial charge in [0.25, 0.3) is 11.6 Å². The number of esters is 1. The molecular weight excluding hydrogens is 416 g/mol. The maximum Gasteiger partial charge on any atom is 0.338 e. The second-order valence-corrected chi connectivity index (χ2v) is 6.57. The Balaban J connectivity index is 1.60. The van der Waals surface area contributed by atoms with E-state index in [0.29, 0.717) is 17.0 Å². The van der Waals surface area contributed by atoms with Gasteiger partial charge in [0.05, 0.1) is 17.6 Å². The largest absolute Gasteiger partial charge is 0.497 e. The molecule has 0 spiro atoms. The van der Waals surface area contributed by atoms with Crippen molar-refractivity contribution >= 4 is 29.0 Å². The number of nitro groups is 1. The summed E-state index contributed by atoms with van der Waals surface area (Å²) in [4.78, 5) is 47.0. The van der Waals surface area contributed by atoms with Crippen LogP contribution >= 0.6 is 0 Å². The number of nitrogens with one attached hydrogen (secondary N) is 1. The molecule has 3 aromatic carbocycles. The smallest absolute Gasteiger partial charge is 0.338 e. The Hall–Kier alpha value is -4.53. The molecule has 3 aromatic rings. The second-order valence-electron chi connectivity index (χ2n) is 6.57. The third-order valence-electron chi connectivity index (χ3n) is 4.44. The van der Waals surface area contributed by atoms with Crippen LogP contribution in [0.3, 0.4) is 0 Å². The number of ether oxygens (including phenoxy) is 2. The first kappa shape index (κ1) is 22.2. The summed E-state index contributed by atoms with van der Waals surface area (Å²) in [6, 6.07) is 17.5. The molecule has 0 saturated carbocycles. The molecule has 1 N–H and O–H groups in total. The van der Waals surface area contributed by atoms with Crippen molar-refractivity contribution in [2.75, 3.05) is 19.0 Å². The van der Waals surface area contributed by atoms with Gasteiger partial charge in [-0.1, -0.05) is 6.07 Å². The highest BCUT2D eigenvalue weighted by molar-refractivity contribution is 6.05. The fraction of sp³-hybridized carbons (Fsp3) is 0.0870. The SMILES string of the molecule is COc1ccc(C(=O)COC(=O)c2cccc(NC(=O)c3ccc([N+](=O)[O-])cc3)c2)cc1. The maximum atomic E-state index is 12.3. The molecule has 9 nitrogen and oxygen atoms in total. The van der Waals surface area contributed by atoms with Crippen molar-refractivity contribution in [2.24, 2.45) is 0 Å². The summed E-state index contributed by atoms with van der Waals surface area (Å²) in [6.45, 7) is -0.440. The van der Waals surface area contributed by atoms with Crippen molar-refractivity contribution in [3.05, 3.63) is 99.6 Å². The molecule has 9 heteroatoms. The van der Waals surface area contributed by atoms with Crippen LogP contribution in [-0.2, 0) is 4.74 Å². The molecule has 0 heterocycles. The van der Waals surface area contributed by atoms with Gasteiger partial charge in [-0.15, -0.1) is 0 Å². The van der Waals surface area contributed by atoms with E-state index in [1.165, 1.54) is 43.5 Å². The minimum absolute atomic E-state index is 0.129. The Morgan fingerprint density at radius 2 is 1.56 bits per heavy atom. The third-order valence-corrected chi connectivity index (χ3v) is 4.44. The van der Waals surface area contributed by atoms with E-state index >= 15 is 0 Å². The van der Waals surface area contributed by atoms with Gasteiger partial charge < -0.3 is 14.8 Å². The Labute approximate surface area is 182 Å². The lowest BCUT2D eigenvalue weighted by Crippen LogP contribution is -2.15. The van der Waals surface area contributed by atoms with Crippen LogP contribution in [0.25, 0.3) is 0 Å². The van der Waals surface area contributed by atoms with E-state index in [0.717, 1.165) is 0 Å². The number of benzene rings is 3. The molecule has 0 bridgehead atoms. The van der Waals surface area contributed by atoms with Crippen molar-refractivity contribution in [3.8, 4) is 5.75 Å². The van der Waals surface area contributed by atoms with Crippen LogP contribution in [0.2, 0.25) is 0 Å². The van der Waals surface area contributed by atoms with E-state index in [1.54, 1.807) is 36.4 Å². The van der Waals surface area contributed by atoms with Gasteiger partial charge in [0.1, 0.15) is 5.75 Å². The minimum atomic E-state index is -0.724. The van der Waals surface area contributed by atoms with Gasteiger partial charge in [-0.05, 0) is 54.6 Å². The van der Waals surface area contributed by atoms with Crippen LogP contribution in [0.5, 0.6) is 5.75 Å². The Morgan fingerprint density at radius 1 is 0.906 bits per heavy atom. The average Bonchev–Trinajstić information content (AvgIpc) is 2.82. The van der Waals surface area contributed by atoms with Crippen molar-refractivity contribution in [1.29, 1.82) is 0 Å². The number of methoxy groups -OCH3 is 1. The predicted octanol–water partition coefficient (Wildman–Crippen LogP) is 3.90. The van der Waals surface area contributed by atoms with Crippen molar-refractivity contribution in [3.63, 3.8) is 0 Å². The van der Waals surface area contributed by atoms with Gasteiger partial charge in [0, 0.05) is 28.9 Å². The van der Waals surface area contributed by atoms with Crippen LogP contribution in [-0.4, -0.2) is 36.3 Å². The van der Waals surface area contributed by atoms with Crippen molar-refractivity contribution in [2.45, 2.75) is 0 Å². The highest BCUT2D eigenvalue weighted by Gasteiger charge is 2.14. The summed E-state index contributed by atoms with van der Waals surface area (Å²) in [5, 5.41) is 13.3. The summed E-state index contributed by atoms with van der Waals surface area (Å²) < 4.78 is 10.1. The zero-order valence-electron chi connectivity index (χ0n) is 16.9. The molecule has 162 valence electrons. The number of hydrogen-bond donors (Lipinski definition) is 1. The van der Waals surface area contributed by atoms with Gasteiger partial charge >= 0.3 is 5.97 Å². The van der Waals surface area contributed by atoms with E-state index in [-0.39, 0.29) is 22.6 Å². The molecule has 0 aliphatic heterocycles. The fourth-order valence-electron chi connectivity index (χ4n) is 2.74. The van der Waals surface area contributed by atoms with Gasteiger partial charge in [-0.3, -0.25) is 19.7 Å². The Kier molecular flexibility index (Phi) is 6.92. The lowest BCUT2D eigenvalue weighted by Gasteiger charge is -2.08. The Bertz CT molecular complexity index is 1160. The quantitative estimate of drug-likeness (QED) is 0.247. The number of anilines is 1. The topological polar surface area (TPSA) is 125 Å². The van der Waals surface area contributed by atoms with Crippen LogP contribution in [0.1, 0.15) is 31.1 Å². The highest BCUT2D eigenvalue weighted by Crippen LogP contribution is 2.16. The highest BCUT2D eigenvalue weighted by atomic mass is 16.6. The summed E-state index contributed by atoms with van der Waals surface area (Å²) >= 11 is 0. The van der Waals surface area contributed by atoms with E-state index in [1.807, 2.05) is 0 Å². The molecule has 3 rings (SSSR count). The average molecular weight is 434 g/mol. The zero-order chi connectivity index (χ0) is 23.1. The number of hydrogen-bond acceptors (Lipinski definition) is 7. The number of ketones is 1. The first-order valence-electron chi connectivity index (χ1n) is 9.37. The molecule has 0 aliphatic rings. The van der Waals surface area contributed by atoms with E-state index < -0.39 is 23.4 Å². The molecule has 0 saturated heterocycles. The van der Waals surface area contributed by atoms with E-state index in [9.17, 15) is 24.5 Å². The minimum Gasteiger partial charge on any atom is -0.497 e. The van der Waals surface area contributed by atoms with E-state index in [2.05, 4.69) is 5.32 Å². The zero-order valence-corrected chi connectivity index (χ0v) is 16.9. The molecule has 0 aromatic heterocycles. The summed E-state index contributed by atoms with van der Waals surface area (Å²) in [5.74, 6) is -0.992.